The molecule has 0 bridgehead atoms. The van der Waals surface area contributed by atoms with Gasteiger partial charge in [0.1, 0.15) is 9.88 Å². The van der Waals surface area contributed by atoms with Crippen molar-refractivity contribution >= 4 is 17.2 Å². The first-order valence-electron chi connectivity index (χ1n) is 8.86. The van der Waals surface area contributed by atoms with E-state index in [-0.39, 0.29) is 5.91 Å². The van der Waals surface area contributed by atoms with Gasteiger partial charge in [-0.3, -0.25) is 9.69 Å². The standard InChI is InChI=1S/C19H25N3O4S/c1-13-18(27-17(21-13)12-22-6-8-26-9-7-22)19(23)20-11-14-4-5-15(24-2)16(10-14)25-3/h4-5,10H,6-9,11-12H2,1-3H3,(H,20,23). The van der Waals surface area contributed by atoms with Gasteiger partial charge in [-0.1, -0.05) is 6.07 Å². The van der Waals surface area contributed by atoms with Crippen molar-refractivity contribution in [3.05, 3.63) is 39.3 Å². The third-order valence-electron chi connectivity index (χ3n) is 4.41. The summed E-state index contributed by atoms with van der Waals surface area (Å²) in [6, 6.07) is 5.60. The second kappa shape index (κ2) is 9.16. The molecule has 0 aliphatic carbocycles. The molecule has 3 rings (SSSR count). The Morgan fingerprint density at radius 1 is 1.26 bits per heavy atom. The Kier molecular flexibility index (Phi) is 6.65. The molecule has 2 aromatic rings. The second-order valence-electron chi connectivity index (χ2n) is 6.28. The number of morpholine rings is 1. The lowest BCUT2D eigenvalue weighted by Gasteiger charge is -2.25. The summed E-state index contributed by atoms with van der Waals surface area (Å²) >= 11 is 1.46. The van der Waals surface area contributed by atoms with E-state index in [1.54, 1.807) is 14.2 Å². The zero-order chi connectivity index (χ0) is 19.2. The highest BCUT2D eigenvalue weighted by Crippen LogP contribution is 2.27. The summed E-state index contributed by atoms with van der Waals surface area (Å²) in [4.78, 5) is 20.1. The zero-order valence-electron chi connectivity index (χ0n) is 15.9. The maximum absolute atomic E-state index is 12.6. The lowest BCUT2D eigenvalue weighted by Crippen LogP contribution is -2.35. The average molecular weight is 391 g/mol. The molecule has 1 aliphatic rings. The van der Waals surface area contributed by atoms with Crippen LogP contribution in [-0.2, 0) is 17.8 Å². The van der Waals surface area contributed by atoms with E-state index in [9.17, 15) is 4.79 Å². The largest absolute Gasteiger partial charge is 0.493 e. The minimum absolute atomic E-state index is 0.104. The van der Waals surface area contributed by atoms with Gasteiger partial charge in [0.15, 0.2) is 11.5 Å². The molecule has 1 aromatic carbocycles. The minimum atomic E-state index is -0.104. The number of carbonyl (C=O) groups is 1. The van der Waals surface area contributed by atoms with Gasteiger partial charge in [-0.05, 0) is 24.6 Å². The van der Waals surface area contributed by atoms with Gasteiger partial charge in [-0.25, -0.2) is 4.98 Å². The number of amides is 1. The summed E-state index contributed by atoms with van der Waals surface area (Å²) in [7, 11) is 3.19. The molecular formula is C19H25N3O4S. The van der Waals surface area contributed by atoms with Crippen molar-refractivity contribution in [1.82, 2.24) is 15.2 Å². The topological polar surface area (TPSA) is 72.9 Å². The number of aromatic nitrogens is 1. The van der Waals surface area contributed by atoms with E-state index in [4.69, 9.17) is 14.2 Å². The Balaban J connectivity index is 1.61. The lowest BCUT2D eigenvalue weighted by atomic mass is 10.2. The fraction of sp³-hybridized carbons (Fsp3) is 0.474. The molecule has 0 radical (unpaired) electrons. The molecule has 1 saturated heterocycles. The van der Waals surface area contributed by atoms with E-state index in [0.717, 1.165) is 49.1 Å². The van der Waals surface area contributed by atoms with Crippen molar-refractivity contribution in [1.29, 1.82) is 0 Å². The smallest absolute Gasteiger partial charge is 0.263 e. The van der Waals surface area contributed by atoms with Gasteiger partial charge in [0, 0.05) is 19.6 Å². The summed E-state index contributed by atoms with van der Waals surface area (Å²) in [6.07, 6.45) is 0. The third-order valence-corrected chi connectivity index (χ3v) is 5.55. The number of thiazole rings is 1. The number of hydrogen-bond donors (Lipinski definition) is 1. The Hall–Kier alpha value is -2.16. The maximum atomic E-state index is 12.6. The molecule has 0 unspecified atom stereocenters. The van der Waals surface area contributed by atoms with Crippen molar-refractivity contribution in [2.24, 2.45) is 0 Å². The molecule has 0 spiro atoms. The summed E-state index contributed by atoms with van der Waals surface area (Å²) in [5, 5.41) is 3.93. The van der Waals surface area contributed by atoms with E-state index >= 15 is 0 Å². The van der Waals surface area contributed by atoms with Crippen LogP contribution >= 0.6 is 11.3 Å². The predicted octanol–water partition coefficient (Wildman–Crippen LogP) is 2.23. The van der Waals surface area contributed by atoms with E-state index in [1.165, 1.54) is 11.3 Å². The van der Waals surface area contributed by atoms with Crippen LogP contribution < -0.4 is 14.8 Å². The lowest BCUT2D eigenvalue weighted by molar-refractivity contribution is 0.0341. The third kappa shape index (κ3) is 4.97. The number of methoxy groups -OCH3 is 2. The first kappa shape index (κ1) is 19.6. The van der Waals surface area contributed by atoms with Gasteiger partial charge in [0.25, 0.3) is 5.91 Å². The molecule has 2 heterocycles. The van der Waals surface area contributed by atoms with Crippen LogP contribution in [0.3, 0.4) is 0 Å². The number of carbonyl (C=O) groups excluding carboxylic acids is 1. The van der Waals surface area contributed by atoms with E-state index < -0.39 is 0 Å². The summed E-state index contributed by atoms with van der Waals surface area (Å²) in [5.41, 5.74) is 1.71. The van der Waals surface area contributed by atoms with Crippen molar-refractivity contribution in [2.45, 2.75) is 20.0 Å². The molecule has 0 atom stereocenters. The van der Waals surface area contributed by atoms with Gasteiger partial charge >= 0.3 is 0 Å². The fourth-order valence-corrected chi connectivity index (χ4v) is 3.96. The van der Waals surface area contributed by atoms with Crippen molar-refractivity contribution in [2.75, 3.05) is 40.5 Å². The fourth-order valence-electron chi connectivity index (χ4n) is 2.93. The predicted molar refractivity (Wildman–Crippen MR) is 104 cm³/mol. The van der Waals surface area contributed by atoms with E-state index in [2.05, 4.69) is 15.2 Å². The first-order chi connectivity index (χ1) is 13.1. The monoisotopic (exact) mass is 391 g/mol. The molecule has 27 heavy (non-hydrogen) atoms. The molecular weight excluding hydrogens is 366 g/mol. The molecule has 0 saturated carbocycles. The van der Waals surface area contributed by atoms with Crippen LogP contribution in [0.1, 0.15) is 25.9 Å². The Labute approximate surface area is 163 Å². The molecule has 1 aliphatic heterocycles. The molecule has 1 fully saturated rings. The van der Waals surface area contributed by atoms with Crippen LogP contribution in [0.25, 0.3) is 0 Å². The minimum Gasteiger partial charge on any atom is -0.493 e. The van der Waals surface area contributed by atoms with Crippen LogP contribution in [0.2, 0.25) is 0 Å². The van der Waals surface area contributed by atoms with E-state index in [0.29, 0.717) is 22.9 Å². The first-order valence-corrected chi connectivity index (χ1v) is 9.68. The maximum Gasteiger partial charge on any atom is 0.263 e. The Bertz CT molecular complexity index is 787. The van der Waals surface area contributed by atoms with Crippen LogP contribution in [0, 0.1) is 6.92 Å². The second-order valence-corrected chi connectivity index (χ2v) is 7.37. The summed E-state index contributed by atoms with van der Waals surface area (Å²) in [5.74, 6) is 1.21. The van der Waals surface area contributed by atoms with Crippen LogP contribution in [-0.4, -0.2) is 56.3 Å². The number of rotatable bonds is 7. The molecule has 1 N–H and O–H groups in total. The quantitative estimate of drug-likeness (QED) is 0.780. The number of nitrogens with zero attached hydrogens (tertiary/aromatic N) is 2. The van der Waals surface area contributed by atoms with Crippen molar-refractivity contribution < 1.29 is 19.0 Å². The highest BCUT2D eigenvalue weighted by atomic mass is 32.1. The van der Waals surface area contributed by atoms with E-state index in [1.807, 2.05) is 25.1 Å². The van der Waals surface area contributed by atoms with Gasteiger partial charge in [0.2, 0.25) is 0 Å². The number of hydrogen-bond acceptors (Lipinski definition) is 7. The molecule has 1 aromatic heterocycles. The van der Waals surface area contributed by atoms with Gasteiger partial charge < -0.3 is 19.5 Å². The summed E-state index contributed by atoms with van der Waals surface area (Å²) < 4.78 is 15.9. The van der Waals surface area contributed by atoms with Gasteiger partial charge in [-0.2, -0.15) is 0 Å². The van der Waals surface area contributed by atoms with Crippen LogP contribution in [0.4, 0.5) is 0 Å². The van der Waals surface area contributed by atoms with Gasteiger partial charge in [0.05, 0.1) is 39.7 Å². The molecule has 8 heteroatoms. The Morgan fingerprint density at radius 2 is 2.00 bits per heavy atom. The molecule has 1 amide bonds. The highest BCUT2D eigenvalue weighted by molar-refractivity contribution is 7.13. The van der Waals surface area contributed by atoms with Gasteiger partial charge in [-0.15, -0.1) is 11.3 Å². The van der Waals surface area contributed by atoms with Crippen LogP contribution in [0.15, 0.2) is 18.2 Å². The number of ether oxygens (including phenoxy) is 3. The normalized spacial score (nSPS) is 14.8. The van der Waals surface area contributed by atoms with Crippen LogP contribution in [0.5, 0.6) is 11.5 Å². The van der Waals surface area contributed by atoms with Crippen molar-refractivity contribution in [3.63, 3.8) is 0 Å². The Morgan fingerprint density at radius 3 is 2.70 bits per heavy atom. The number of nitrogens with one attached hydrogen (secondary N) is 1. The molecule has 7 nitrogen and oxygen atoms in total. The average Bonchev–Trinajstić information content (AvgIpc) is 3.06. The molecule has 146 valence electrons. The number of aryl methyl sites for hydroxylation is 1. The summed E-state index contributed by atoms with van der Waals surface area (Å²) in [6.45, 7) is 6.36. The highest BCUT2D eigenvalue weighted by Gasteiger charge is 2.18. The SMILES string of the molecule is COc1ccc(CNC(=O)c2sc(CN3CCOCC3)nc2C)cc1OC. The van der Waals surface area contributed by atoms with Crippen molar-refractivity contribution in [3.8, 4) is 11.5 Å². The zero-order valence-corrected chi connectivity index (χ0v) is 16.7. The number of benzene rings is 1.